The molecule has 0 fully saturated rings. The van der Waals surface area contributed by atoms with Crippen LogP contribution in [0.2, 0.25) is 5.02 Å². The fourth-order valence-corrected chi connectivity index (χ4v) is 2.63. The van der Waals surface area contributed by atoms with Crippen LogP contribution >= 0.6 is 23.4 Å². The molecular weight excluding hydrogens is 314 g/mol. The number of halogens is 1. The van der Waals surface area contributed by atoms with E-state index in [1.165, 1.54) is 10.5 Å². The van der Waals surface area contributed by atoms with E-state index in [-0.39, 0.29) is 0 Å². The van der Waals surface area contributed by atoms with Crippen molar-refractivity contribution in [2.45, 2.75) is 18.2 Å². The van der Waals surface area contributed by atoms with Gasteiger partial charge in [-0.05, 0) is 48.6 Å². The van der Waals surface area contributed by atoms with Crippen molar-refractivity contribution in [3.8, 4) is 0 Å². The van der Waals surface area contributed by atoms with Crippen LogP contribution in [0, 0.1) is 0 Å². The van der Waals surface area contributed by atoms with Crippen molar-refractivity contribution in [3.63, 3.8) is 0 Å². The van der Waals surface area contributed by atoms with Gasteiger partial charge in [-0.3, -0.25) is 0 Å². The highest BCUT2D eigenvalue weighted by Gasteiger charge is 2.08. The van der Waals surface area contributed by atoms with E-state index in [1.54, 1.807) is 11.8 Å². The Morgan fingerprint density at radius 3 is 2.73 bits per heavy atom. The molecule has 0 heterocycles. The molecule has 0 saturated heterocycles. The summed E-state index contributed by atoms with van der Waals surface area (Å²) in [5, 5.41) is 0.603. The molecule has 5 heteroatoms. The Bertz CT molecular complexity index is 685. The zero-order valence-electron chi connectivity index (χ0n) is 13.0. The van der Waals surface area contributed by atoms with Gasteiger partial charge in [0.25, 0.3) is 0 Å². The SMILES string of the molecule is CCc1ccc(Cl)c(N=C(N)N(C)c2cccc(SC)c2)c1. The molecule has 0 atom stereocenters. The zero-order valence-corrected chi connectivity index (χ0v) is 14.6. The normalized spacial score (nSPS) is 11.5. The van der Waals surface area contributed by atoms with E-state index < -0.39 is 0 Å². The minimum absolute atomic E-state index is 0.411. The molecule has 0 saturated carbocycles. The number of hydrogen-bond acceptors (Lipinski definition) is 2. The number of aliphatic imine (C=N–C) groups is 1. The van der Waals surface area contributed by atoms with Crippen LogP contribution in [0.1, 0.15) is 12.5 Å². The molecule has 3 nitrogen and oxygen atoms in total. The van der Waals surface area contributed by atoms with Crippen molar-refractivity contribution >= 4 is 40.7 Å². The largest absolute Gasteiger partial charge is 0.369 e. The first kappa shape index (κ1) is 16.7. The van der Waals surface area contributed by atoms with Gasteiger partial charge in [-0.1, -0.05) is 30.7 Å². The highest BCUT2D eigenvalue weighted by atomic mass is 35.5. The summed E-state index contributed by atoms with van der Waals surface area (Å²) in [6, 6.07) is 14.0. The molecule has 2 aromatic carbocycles. The van der Waals surface area contributed by atoms with Crippen LogP contribution in [0.3, 0.4) is 0 Å². The number of rotatable bonds is 4. The molecule has 0 bridgehead atoms. The van der Waals surface area contributed by atoms with E-state index in [0.717, 1.165) is 12.1 Å². The van der Waals surface area contributed by atoms with Gasteiger partial charge in [0.05, 0.1) is 10.7 Å². The van der Waals surface area contributed by atoms with E-state index >= 15 is 0 Å². The number of nitrogens with zero attached hydrogens (tertiary/aromatic N) is 2. The van der Waals surface area contributed by atoms with Crippen LogP contribution in [0.5, 0.6) is 0 Å². The van der Waals surface area contributed by atoms with Crippen LogP contribution < -0.4 is 10.6 Å². The molecule has 0 amide bonds. The highest BCUT2D eigenvalue weighted by molar-refractivity contribution is 7.98. The maximum atomic E-state index is 6.21. The minimum atomic E-state index is 0.411. The zero-order chi connectivity index (χ0) is 16.1. The van der Waals surface area contributed by atoms with Crippen molar-refractivity contribution in [1.29, 1.82) is 0 Å². The van der Waals surface area contributed by atoms with Gasteiger partial charge in [0, 0.05) is 17.6 Å². The molecule has 0 radical (unpaired) electrons. The van der Waals surface area contributed by atoms with Gasteiger partial charge in [0.2, 0.25) is 5.96 Å². The third-order valence-electron chi connectivity index (χ3n) is 3.44. The summed E-state index contributed by atoms with van der Waals surface area (Å²) in [4.78, 5) is 7.52. The van der Waals surface area contributed by atoms with Crippen LogP contribution in [0.25, 0.3) is 0 Å². The van der Waals surface area contributed by atoms with Crippen molar-refractivity contribution in [1.82, 2.24) is 0 Å². The predicted octanol–water partition coefficient (Wildman–Crippen LogP) is 4.71. The first-order valence-corrected chi connectivity index (χ1v) is 8.65. The van der Waals surface area contributed by atoms with E-state index in [9.17, 15) is 0 Å². The number of thioether (sulfide) groups is 1. The molecule has 0 aliphatic heterocycles. The monoisotopic (exact) mass is 333 g/mol. The standard InChI is InChI=1S/C17H20ClN3S/c1-4-12-8-9-15(18)16(10-12)20-17(19)21(2)13-6-5-7-14(11-13)22-3/h5-11H,4H2,1-3H3,(H2,19,20). The third-order valence-corrected chi connectivity index (χ3v) is 4.48. The lowest BCUT2D eigenvalue weighted by molar-refractivity contribution is 1.14. The van der Waals surface area contributed by atoms with Crippen LogP contribution in [-0.4, -0.2) is 19.3 Å². The Morgan fingerprint density at radius 2 is 2.05 bits per heavy atom. The van der Waals surface area contributed by atoms with Gasteiger partial charge >= 0.3 is 0 Å². The smallest absolute Gasteiger partial charge is 0.200 e. The number of hydrogen-bond donors (Lipinski definition) is 1. The molecule has 116 valence electrons. The Hall–Kier alpha value is -1.65. The van der Waals surface area contributed by atoms with E-state index in [4.69, 9.17) is 17.3 Å². The van der Waals surface area contributed by atoms with Gasteiger partial charge in [0.15, 0.2) is 0 Å². The van der Waals surface area contributed by atoms with Gasteiger partial charge in [-0.15, -0.1) is 11.8 Å². The fraction of sp³-hybridized carbons (Fsp3) is 0.235. The Kier molecular flexibility index (Phi) is 5.75. The first-order valence-electron chi connectivity index (χ1n) is 7.05. The second kappa shape index (κ2) is 7.56. The minimum Gasteiger partial charge on any atom is -0.369 e. The summed E-state index contributed by atoms with van der Waals surface area (Å²) in [5.41, 5.74) is 9.02. The highest BCUT2D eigenvalue weighted by Crippen LogP contribution is 2.27. The molecule has 0 aromatic heterocycles. The van der Waals surface area contributed by atoms with Crippen molar-refractivity contribution < 1.29 is 0 Å². The number of anilines is 1. The maximum absolute atomic E-state index is 6.21. The molecule has 0 unspecified atom stereocenters. The molecule has 0 spiro atoms. The summed E-state index contributed by atoms with van der Waals surface area (Å²) in [6.07, 6.45) is 2.98. The van der Waals surface area contributed by atoms with Gasteiger partial charge in [-0.2, -0.15) is 0 Å². The van der Waals surface area contributed by atoms with Crippen molar-refractivity contribution in [3.05, 3.63) is 53.1 Å². The van der Waals surface area contributed by atoms with Crippen LogP contribution in [-0.2, 0) is 6.42 Å². The second-order valence-electron chi connectivity index (χ2n) is 4.87. The lowest BCUT2D eigenvalue weighted by Crippen LogP contribution is -2.33. The lowest BCUT2D eigenvalue weighted by atomic mass is 10.1. The third kappa shape index (κ3) is 3.96. The van der Waals surface area contributed by atoms with E-state index in [1.807, 2.05) is 48.5 Å². The Labute approximate surface area is 141 Å². The van der Waals surface area contributed by atoms with Gasteiger partial charge in [-0.25, -0.2) is 4.99 Å². The quantitative estimate of drug-likeness (QED) is 0.500. The van der Waals surface area contributed by atoms with Crippen LogP contribution in [0.15, 0.2) is 52.4 Å². The number of benzene rings is 2. The predicted molar refractivity (Wildman–Crippen MR) is 98.7 cm³/mol. The fourth-order valence-electron chi connectivity index (χ4n) is 2.01. The van der Waals surface area contributed by atoms with E-state index in [0.29, 0.717) is 16.7 Å². The number of guanidine groups is 1. The Balaban J connectivity index is 2.31. The van der Waals surface area contributed by atoms with Crippen molar-refractivity contribution in [2.75, 3.05) is 18.2 Å². The lowest BCUT2D eigenvalue weighted by Gasteiger charge is -2.19. The maximum Gasteiger partial charge on any atom is 0.200 e. The molecule has 2 N–H and O–H groups in total. The van der Waals surface area contributed by atoms with Crippen LogP contribution in [0.4, 0.5) is 11.4 Å². The van der Waals surface area contributed by atoms with Gasteiger partial charge < -0.3 is 10.6 Å². The second-order valence-corrected chi connectivity index (χ2v) is 6.16. The molecule has 0 aliphatic carbocycles. The summed E-state index contributed by atoms with van der Waals surface area (Å²) < 4.78 is 0. The summed E-state index contributed by atoms with van der Waals surface area (Å²) in [7, 11) is 1.90. The number of aryl methyl sites for hydroxylation is 1. The van der Waals surface area contributed by atoms with Gasteiger partial charge in [0.1, 0.15) is 0 Å². The molecule has 2 aromatic rings. The molecule has 22 heavy (non-hydrogen) atoms. The molecular formula is C17H20ClN3S. The first-order chi connectivity index (χ1) is 10.5. The van der Waals surface area contributed by atoms with E-state index in [2.05, 4.69) is 24.0 Å². The van der Waals surface area contributed by atoms with Crippen molar-refractivity contribution in [2.24, 2.45) is 10.7 Å². The Morgan fingerprint density at radius 1 is 1.27 bits per heavy atom. The average molecular weight is 334 g/mol. The average Bonchev–Trinajstić information content (AvgIpc) is 2.56. The summed E-state index contributed by atoms with van der Waals surface area (Å²) >= 11 is 7.91. The summed E-state index contributed by atoms with van der Waals surface area (Å²) in [6.45, 7) is 2.10. The molecule has 2 rings (SSSR count). The molecule has 0 aliphatic rings. The number of nitrogens with two attached hydrogens (primary N) is 1. The summed E-state index contributed by atoms with van der Waals surface area (Å²) in [5.74, 6) is 0.411. The topological polar surface area (TPSA) is 41.6 Å².